The van der Waals surface area contributed by atoms with Gasteiger partial charge in [0, 0.05) is 16.7 Å². The molecule has 6 heteroatoms. The van der Waals surface area contributed by atoms with Crippen LogP contribution < -0.4 is 9.47 Å². The van der Waals surface area contributed by atoms with E-state index in [1.54, 1.807) is 0 Å². The Bertz CT molecular complexity index is 1750. The summed E-state index contributed by atoms with van der Waals surface area (Å²) in [5, 5.41) is 0. The largest absolute Gasteiger partial charge is 0.493 e. The molecule has 0 bridgehead atoms. The number of hydrogen-bond acceptors (Lipinski definition) is 6. The maximum atomic E-state index is 6.58. The molecular weight excluding hydrogens is 661 g/mol. The third-order valence-electron chi connectivity index (χ3n) is 11.4. The van der Waals surface area contributed by atoms with E-state index < -0.39 is 5.60 Å². The number of hydrogen-bond donors (Lipinski definition) is 0. The molecule has 2 fully saturated rings. The van der Waals surface area contributed by atoms with Crippen LogP contribution in [0.1, 0.15) is 102 Å². The van der Waals surface area contributed by atoms with Gasteiger partial charge in [0.25, 0.3) is 0 Å². The normalized spacial score (nSPS) is 18.1. The van der Waals surface area contributed by atoms with Gasteiger partial charge < -0.3 is 28.4 Å². The van der Waals surface area contributed by atoms with Crippen molar-refractivity contribution in [2.24, 2.45) is 5.92 Å². The molecule has 53 heavy (non-hydrogen) atoms. The van der Waals surface area contributed by atoms with Gasteiger partial charge in [0.05, 0.1) is 44.2 Å². The fourth-order valence-electron chi connectivity index (χ4n) is 6.66. The van der Waals surface area contributed by atoms with E-state index in [4.69, 9.17) is 28.4 Å². The molecule has 2 saturated heterocycles. The second-order valence-corrected chi connectivity index (χ2v) is 16.9. The van der Waals surface area contributed by atoms with E-state index in [9.17, 15) is 0 Å². The van der Waals surface area contributed by atoms with Gasteiger partial charge >= 0.3 is 0 Å². The summed E-state index contributed by atoms with van der Waals surface area (Å²) in [7, 11) is 0. The maximum absolute atomic E-state index is 6.58. The molecule has 0 aromatic heterocycles. The van der Waals surface area contributed by atoms with Crippen LogP contribution in [0.25, 0.3) is 0 Å². The molecule has 0 saturated carbocycles. The van der Waals surface area contributed by atoms with Gasteiger partial charge in [-0.25, -0.2) is 0 Å². The molecular formula is C47H60O6. The minimum Gasteiger partial charge on any atom is -0.493 e. The van der Waals surface area contributed by atoms with Crippen molar-refractivity contribution in [1.82, 2.24) is 0 Å². The Labute approximate surface area is 318 Å². The zero-order chi connectivity index (χ0) is 37.9. The van der Waals surface area contributed by atoms with Crippen LogP contribution in [0.5, 0.6) is 11.5 Å². The summed E-state index contributed by atoms with van der Waals surface area (Å²) in [6, 6.07) is 34.7. The first kappa shape index (κ1) is 39.0. The molecule has 2 aliphatic heterocycles. The van der Waals surface area contributed by atoms with E-state index in [1.165, 1.54) is 27.8 Å². The SMILES string of the molecule is CCC(COc1ccc(C(C)(C)c2ccc(C(C)(C)OCC3CO3)cc2)cc1)COC(C)(C)c1ccc(C(C)(C)c2ccc(OCC3CO3)cc2)cc1. The van der Waals surface area contributed by atoms with E-state index in [2.05, 4.69) is 159 Å². The van der Waals surface area contributed by atoms with Gasteiger partial charge in [-0.05, 0) is 91.8 Å². The Morgan fingerprint density at radius 1 is 0.491 bits per heavy atom. The number of benzene rings is 4. The molecule has 0 amide bonds. The van der Waals surface area contributed by atoms with Crippen molar-refractivity contribution in [1.29, 1.82) is 0 Å². The molecule has 2 aliphatic rings. The lowest BCUT2D eigenvalue weighted by Crippen LogP contribution is -2.27. The standard InChI is InChI=1S/C47H60O6/c1-10-33(27-48-40-23-19-36(20-24-40)44(2,3)35-13-17-39(18-14-35)47(8,9)53-32-43-31-51-43)28-52-46(6,7)38-15-11-34(12-16-38)45(4,5)37-21-25-41(26-22-37)49-29-42-30-50-42/h11-26,33,42-43H,10,27-32H2,1-9H3. The smallest absolute Gasteiger partial charge is 0.119 e. The fraction of sp³-hybridized carbons (Fsp3) is 0.489. The first-order chi connectivity index (χ1) is 25.2. The van der Waals surface area contributed by atoms with Crippen molar-refractivity contribution in [3.05, 3.63) is 130 Å². The highest BCUT2D eigenvalue weighted by Crippen LogP contribution is 2.36. The van der Waals surface area contributed by atoms with Crippen LogP contribution in [-0.4, -0.2) is 51.8 Å². The van der Waals surface area contributed by atoms with Crippen LogP contribution in [0, 0.1) is 5.92 Å². The van der Waals surface area contributed by atoms with Crippen molar-refractivity contribution < 1.29 is 28.4 Å². The predicted molar refractivity (Wildman–Crippen MR) is 212 cm³/mol. The van der Waals surface area contributed by atoms with Gasteiger partial charge in [-0.2, -0.15) is 0 Å². The molecule has 4 aromatic carbocycles. The summed E-state index contributed by atoms with van der Waals surface area (Å²) in [5.41, 5.74) is 6.24. The molecule has 4 aromatic rings. The summed E-state index contributed by atoms with van der Waals surface area (Å²) in [4.78, 5) is 0. The van der Waals surface area contributed by atoms with E-state index >= 15 is 0 Å². The average molecular weight is 721 g/mol. The number of epoxide rings is 2. The third-order valence-corrected chi connectivity index (χ3v) is 11.4. The lowest BCUT2D eigenvalue weighted by atomic mass is 9.77. The molecule has 3 unspecified atom stereocenters. The van der Waals surface area contributed by atoms with Crippen LogP contribution in [-0.2, 0) is 41.0 Å². The lowest BCUT2D eigenvalue weighted by molar-refractivity contribution is -0.0462. The van der Waals surface area contributed by atoms with Crippen molar-refractivity contribution in [2.75, 3.05) is 39.6 Å². The van der Waals surface area contributed by atoms with Gasteiger partial charge in [0.15, 0.2) is 0 Å². The van der Waals surface area contributed by atoms with Crippen LogP contribution in [0.15, 0.2) is 97.1 Å². The minimum atomic E-state index is -0.430. The van der Waals surface area contributed by atoms with Crippen LogP contribution in [0.4, 0.5) is 0 Å². The summed E-state index contributed by atoms with van der Waals surface area (Å²) in [6.45, 7) is 23.9. The highest BCUT2D eigenvalue weighted by Gasteiger charge is 2.31. The second-order valence-electron chi connectivity index (χ2n) is 16.9. The van der Waals surface area contributed by atoms with Crippen molar-refractivity contribution in [2.45, 2.75) is 103 Å². The second kappa shape index (κ2) is 16.0. The van der Waals surface area contributed by atoms with E-state index in [-0.39, 0.29) is 34.6 Å². The average Bonchev–Trinajstić information content (AvgIpc) is 4.10. The lowest BCUT2D eigenvalue weighted by Gasteiger charge is -2.30. The zero-order valence-electron chi connectivity index (χ0n) is 33.4. The van der Waals surface area contributed by atoms with E-state index in [0.717, 1.165) is 36.7 Å². The molecule has 284 valence electrons. The molecule has 0 spiro atoms. The summed E-state index contributed by atoms with van der Waals surface area (Å²) >= 11 is 0. The maximum Gasteiger partial charge on any atom is 0.119 e. The zero-order valence-corrected chi connectivity index (χ0v) is 33.4. The summed E-state index contributed by atoms with van der Waals surface area (Å²) < 4.78 is 35.5. The van der Waals surface area contributed by atoms with Gasteiger partial charge in [0.1, 0.15) is 30.3 Å². The van der Waals surface area contributed by atoms with Gasteiger partial charge in [-0.1, -0.05) is 107 Å². The number of ether oxygens (including phenoxy) is 6. The molecule has 6 rings (SSSR count). The monoisotopic (exact) mass is 720 g/mol. The van der Waals surface area contributed by atoms with Crippen molar-refractivity contribution >= 4 is 0 Å². The third kappa shape index (κ3) is 9.90. The molecule has 0 aliphatic carbocycles. The van der Waals surface area contributed by atoms with E-state index in [1.807, 2.05) is 0 Å². The Kier molecular flexibility index (Phi) is 11.8. The van der Waals surface area contributed by atoms with E-state index in [0.29, 0.717) is 26.4 Å². The quantitative estimate of drug-likeness (QED) is 0.0899. The minimum absolute atomic E-state index is 0.149. The molecule has 2 heterocycles. The Balaban J connectivity index is 0.992. The Morgan fingerprint density at radius 2 is 0.849 bits per heavy atom. The highest BCUT2D eigenvalue weighted by atomic mass is 16.6. The van der Waals surface area contributed by atoms with Crippen molar-refractivity contribution in [3.8, 4) is 11.5 Å². The molecule has 3 atom stereocenters. The van der Waals surface area contributed by atoms with Crippen LogP contribution in [0.2, 0.25) is 0 Å². The first-order valence-electron chi connectivity index (χ1n) is 19.4. The molecule has 0 N–H and O–H groups in total. The predicted octanol–water partition coefficient (Wildman–Crippen LogP) is 10.1. The van der Waals surface area contributed by atoms with Gasteiger partial charge in [-0.15, -0.1) is 0 Å². The fourth-order valence-corrected chi connectivity index (χ4v) is 6.66. The molecule has 6 nitrogen and oxygen atoms in total. The Morgan fingerprint density at radius 3 is 1.26 bits per heavy atom. The van der Waals surface area contributed by atoms with Gasteiger partial charge in [0.2, 0.25) is 0 Å². The van der Waals surface area contributed by atoms with Crippen molar-refractivity contribution in [3.63, 3.8) is 0 Å². The summed E-state index contributed by atoms with van der Waals surface area (Å²) in [6.07, 6.45) is 1.48. The van der Waals surface area contributed by atoms with Gasteiger partial charge in [-0.3, -0.25) is 0 Å². The van der Waals surface area contributed by atoms with Crippen LogP contribution in [0.3, 0.4) is 0 Å². The van der Waals surface area contributed by atoms with Crippen LogP contribution >= 0.6 is 0 Å². The summed E-state index contributed by atoms with van der Waals surface area (Å²) in [5.74, 6) is 2.03. The first-order valence-corrected chi connectivity index (χ1v) is 19.4. The Hall–Kier alpha value is -3.68. The topological polar surface area (TPSA) is 62.0 Å². The highest BCUT2D eigenvalue weighted by molar-refractivity contribution is 5.43. The molecule has 0 radical (unpaired) electrons. The number of rotatable bonds is 19.